The van der Waals surface area contributed by atoms with Crippen LogP contribution in [0.3, 0.4) is 0 Å². The van der Waals surface area contributed by atoms with E-state index in [2.05, 4.69) is 70.2 Å². The normalized spacial score (nSPS) is 31.2. The van der Waals surface area contributed by atoms with E-state index in [9.17, 15) is 108 Å². The molecule has 0 aliphatic heterocycles. The summed E-state index contributed by atoms with van der Waals surface area (Å²) in [6.07, 6.45) is 34.9. The molecule has 850 valence electrons. The molecule has 4 aromatic carbocycles. The molecule has 0 heterocycles. The maximum atomic E-state index is 13.7. The van der Waals surface area contributed by atoms with Gasteiger partial charge in [-0.2, -0.15) is 6.54 Å². The Morgan fingerprint density at radius 3 is 0.725 bits per heavy atom. The van der Waals surface area contributed by atoms with Crippen molar-refractivity contribution in [3.8, 4) is 23.0 Å². The van der Waals surface area contributed by atoms with Crippen molar-refractivity contribution >= 4 is 22.7 Å². The molecular weight excluding hydrogens is 1960 g/mol. The molecule has 20 fully saturated rings. The van der Waals surface area contributed by atoms with E-state index in [0.29, 0.717) is 55.8 Å². The van der Waals surface area contributed by atoms with E-state index in [1.807, 2.05) is 13.8 Å². The molecule has 20 aliphatic rings. The fraction of sp³-hybridized carbons (Fsp3) is 0.793. The standard InChI is InChI=1S/C17H26F4N.C16H24F4N.C16H26F2N.C15H24F2N.C14H24N.C11H13F4NO.C10H13F2NO.C9H11F2NO.C8H11NO/c1-11(22-10-17(20,21)9-15(2,18)19)16-6-12-3-13(7-16)5-14(4-12)8-16;1-14(17,18)8-16(19,20)10-21-9-15-5-11-2-12(6-15)4-13(3-11)7-15;1-3-16(17,18)10-19-11(2)15-7-12-4-13(8-15)6-14(5-12)9-15;1-10(18-9-14(2,16)17)15-6-11-3-12(7-15)5-13(4-11)8-15;1-3-15-10(2)14-7-11-4-12(8-14)6-13(5-11)9-14;1-10(12,13)6-11(14,15)7-16-8-2-4-9(17)5-3-8;1-2-10(11,12)7-13-8-3-5-9(14)6-4-8;1-9(10,11)6-12-7-2-4-8(13)5-3-7;1-2-9-7-3-5-8(10)6-4-7/h11-14H,3-10H2,1-2H3;11-13H,2-10H2,1H3;11-14H,3-10H2,1-2H3;10-13H,3-9H2,1-2H3;10-13H,3-9H2,1-2H3;2-5,16-17H,6-7H2,1H3;3-6,13-14H,2,7H2,1H3;2-5,12-13H,6H2,1H3;3-6,9-10H,2H2,1H3/q5*-1;;;;/p-4. The van der Waals surface area contributed by atoms with Crippen molar-refractivity contribution in [2.45, 2.75) is 398 Å². The van der Waals surface area contributed by atoms with Gasteiger partial charge in [0.15, 0.2) is 0 Å². The molecule has 20 aliphatic carbocycles. The second-order valence-electron chi connectivity index (χ2n) is 49.9. The topological polar surface area (TPSA) is 211 Å². The fourth-order valence-electron chi connectivity index (χ4n) is 30.6. The van der Waals surface area contributed by atoms with E-state index in [1.54, 1.807) is 50.5 Å². The molecule has 33 heteroatoms. The summed E-state index contributed by atoms with van der Waals surface area (Å²) in [6.45, 7) is 17.6. The van der Waals surface area contributed by atoms with Crippen molar-refractivity contribution in [3.63, 3.8) is 0 Å². The molecule has 4 aromatic rings. The van der Waals surface area contributed by atoms with Crippen LogP contribution in [0.25, 0.3) is 26.6 Å². The Kier molecular flexibility index (Phi) is 42.0. The van der Waals surface area contributed by atoms with Crippen LogP contribution in [0, 0.1) is 116 Å². The van der Waals surface area contributed by atoms with E-state index in [0.717, 1.165) is 160 Å². The van der Waals surface area contributed by atoms with Crippen molar-refractivity contribution in [3.05, 3.63) is 124 Å². The summed E-state index contributed by atoms with van der Waals surface area (Å²) >= 11 is 0. The third kappa shape index (κ3) is 38.9. The summed E-state index contributed by atoms with van der Waals surface area (Å²) in [5.41, 5.74) is 3.74. The summed E-state index contributed by atoms with van der Waals surface area (Å²) < 4.78 is 260. The van der Waals surface area contributed by atoms with Crippen LogP contribution >= 0.6 is 0 Å². The first-order chi connectivity index (χ1) is 69.2. The Morgan fingerprint density at radius 2 is 0.483 bits per heavy atom. The zero-order valence-electron chi connectivity index (χ0n) is 90.0. The molecule has 4 unspecified atom stereocenters. The van der Waals surface area contributed by atoms with Gasteiger partial charge in [-0.05, 0) is 392 Å². The molecule has 149 heavy (non-hydrogen) atoms. The van der Waals surface area contributed by atoms with Gasteiger partial charge in [-0.3, -0.25) is 0 Å². The van der Waals surface area contributed by atoms with Gasteiger partial charge >= 0.3 is 0 Å². The Labute approximate surface area is 874 Å². The molecule has 0 saturated heterocycles. The average Bonchev–Trinajstić information content (AvgIpc) is 0.766. The highest BCUT2D eigenvalue weighted by Gasteiger charge is 2.57. The minimum absolute atomic E-state index is 0.0571. The smallest absolute Gasteiger partial charge is 0.270 e. The number of nitrogens with one attached hydrogen (secondary N) is 4. The quantitative estimate of drug-likeness (QED) is 0.0316. The summed E-state index contributed by atoms with van der Waals surface area (Å²) in [5, 5.41) is 75.0. The van der Waals surface area contributed by atoms with Gasteiger partial charge in [0.1, 0.15) is 0 Å². The number of benzene rings is 4. The van der Waals surface area contributed by atoms with Crippen LogP contribution in [-0.4, -0.2) is 149 Å². The van der Waals surface area contributed by atoms with E-state index >= 15 is 0 Å². The maximum absolute atomic E-state index is 13.7. The summed E-state index contributed by atoms with van der Waals surface area (Å²) in [5.74, 6) is -18.6. The van der Waals surface area contributed by atoms with Crippen molar-refractivity contribution < 1.29 is 108 Å². The van der Waals surface area contributed by atoms with E-state index in [-0.39, 0.29) is 88.7 Å². The number of hydrogen-bond donors (Lipinski definition) is 4. The van der Waals surface area contributed by atoms with Gasteiger partial charge < -0.3 is 68.3 Å². The molecule has 20 saturated carbocycles. The highest BCUT2D eigenvalue weighted by molar-refractivity contribution is 5.48. The Hall–Kier alpha value is -6.32. The van der Waals surface area contributed by atoms with Gasteiger partial charge in [-0.25, -0.2) is 87.8 Å². The van der Waals surface area contributed by atoms with Crippen molar-refractivity contribution in [1.82, 2.24) is 0 Å². The first-order valence-corrected chi connectivity index (χ1v) is 55.3. The van der Waals surface area contributed by atoms with Gasteiger partial charge in [-0.1, -0.05) is 123 Å². The number of rotatable bonds is 38. The molecular formula is C116H168F20N9O4-9. The minimum atomic E-state index is -3.51. The van der Waals surface area contributed by atoms with Crippen LogP contribution in [0.1, 0.15) is 315 Å². The Morgan fingerprint density at radius 1 is 0.262 bits per heavy atom. The van der Waals surface area contributed by atoms with Crippen LogP contribution in [0.4, 0.5) is 111 Å². The summed E-state index contributed by atoms with van der Waals surface area (Å²) in [7, 11) is 0. The predicted molar refractivity (Wildman–Crippen MR) is 548 cm³/mol. The predicted octanol–water partition coefficient (Wildman–Crippen LogP) is 32.6. The number of hydrogen-bond acceptors (Lipinski definition) is 8. The maximum Gasteiger partial charge on any atom is 0.270 e. The second-order valence-corrected chi connectivity index (χ2v) is 49.9. The zero-order valence-corrected chi connectivity index (χ0v) is 90.0. The second kappa shape index (κ2) is 50.9. The van der Waals surface area contributed by atoms with E-state index in [1.165, 1.54) is 215 Å². The largest absolute Gasteiger partial charge is 0.872 e. The van der Waals surface area contributed by atoms with Gasteiger partial charge in [0.2, 0.25) is 23.7 Å². The zero-order chi connectivity index (χ0) is 110. The summed E-state index contributed by atoms with van der Waals surface area (Å²) in [6, 6.07) is 23.8. The third-order valence-corrected chi connectivity index (χ3v) is 35.4. The van der Waals surface area contributed by atoms with Gasteiger partial charge in [0.05, 0.1) is 38.9 Å². The third-order valence-electron chi connectivity index (χ3n) is 35.4. The fourth-order valence-corrected chi connectivity index (χ4v) is 30.6. The molecule has 13 nitrogen and oxygen atoms in total. The van der Waals surface area contributed by atoms with Crippen LogP contribution in [-0.2, 0) is 0 Å². The SMILES string of the molecule is CC(F)(F)CC(F)(F)CNc1ccc([O-])cc1.CC(F)(F)CC(F)(F)C[N-]CC12CC3CC(CC(C3)C1)C2.CC(F)(F)CNc1ccc([O-])cc1.CC([N-]CC(C)(F)F)C12CC3CC(CC(C3)C1)C2.CC([N-]CC(F)(F)CC(C)(F)F)C12CC3CC(CC(C3)C1)C2.CCC(F)(F)CNc1ccc([O-])cc1.CCC(F)(F)C[N-]C(C)C12CC3CC(CC(C3)C1)C2.CCNc1ccc([O-])cc1.CC[N-]C(C)C12CC3CC(CC(C3)C1)C2. The highest BCUT2D eigenvalue weighted by Crippen LogP contribution is 2.68. The van der Waals surface area contributed by atoms with Crippen LogP contribution in [0.5, 0.6) is 23.0 Å². The monoisotopic (exact) mass is 2130 g/mol. The lowest BCUT2D eigenvalue weighted by Crippen LogP contribution is -2.51. The first-order valence-electron chi connectivity index (χ1n) is 55.3. The van der Waals surface area contributed by atoms with Crippen molar-refractivity contribution in [2.75, 3.05) is 86.7 Å². The number of halogens is 20. The number of alkyl halides is 20. The lowest BCUT2D eigenvalue weighted by atomic mass is 9.48. The summed E-state index contributed by atoms with van der Waals surface area (Å²) in [4.78, 5) is 0. The van der Waals surface area contributed by atoms with Crippen LogP contribution in [0.15, 0.2) is 97.1 Å². The molecule has 4 N–H and O–H groups in total. The molecule has 24 rings (SSSR count). The molecule has 4 atom stereocenters. The van der Waals surface area contributed by atoms with Crippen molar-refractivity contribution in [1.29, 1.82) is 0 Å². The molecule has 20 bridgehead atoms. The first kappa shape index (κ1) is 123. The van der Waals surface area contributed by atoms with Crippen LogP contribution < -0.4 is 41.7 Å². The minimum Gasteiger partial charge on any atom is -0.872 e. The molecule has 0 spiro atoms. The van der Waals surface area contributed by atoms with E-state index < -0.39 is 111 Å². The van der Waals surface area contributed by atoms with Gasteiger partial charge in [0, 0.05) is 49.1 Å². The van der Waals surface area contributed by atoms with E-state index in [4.69, 9.17) is 5.32 Å². The number of nitrogens with zero attached hydrogens (tertiary/aromatic N) is 5. The molecule has 0 amide bonds. The average molecular weight is 2130 g/mol. The molecule has 0 radical (unpaired) electrons. The lowest BCUT2D eigenvalue weighted by Gasteiger charge is -2.62. The Bertz CT molecular complexity index is 4470. The highest BCUT2D eigenvalue weighted by atomic mass is 19.3. The van der Waals surface area contributed by atoms with Crippen LogP contribution in [0.2, 0.25) is 0 Å². The lowest BCUT2D eigenvalue weighted by molar-refractivity contribution is -0.268. The number of anilines is 4. The van der Waals surface area contributed by atoms with Gasteiger partial charge in [-0.15, -0.1) is 53.7 Å². The van der Waals surface area contributed by atoms with Crippen molar-refractivity contribution in [2.24, 2.45) is 116 Å². The Balaban J connectivity index is 0.000000160. The van der Waals surface area contributed by atoms with Gasteiger partial charge in [0.25, 0.3) is 35.5 Å². The molecule has 0 aromatic heterocycles.